The van der Waals surface area contributed by atoms with Gasteiger partial charge >= 0.3 is 0 Å². The van der Waals surface area contributed by atoms with Crippen LogP contribution in [0.3, 0.4) is 0 Å². The molecular weight excluding hydrogens is 182 g/mol. The van der Waals surface area contributed by atoms with Crippen LogP contribution in [0.1, 0.15) is 58.8 Å². The molecule has 1 aliphatic carbocycles. The van der Waals surface area contributed by atoms with Gasteiger partial charge in [-0.3, -0.25) is 0 Å². The molecule has 0 saturated heterocycles. The van der Waals surface area contributed by atoms with Crippen molar-refractivity contribution in [2.45, 2.75) is 64.8 Å². The minimum atomic E-state index is 0.708. The lowest BCUT2D eigenvalue weighted by molar-refractivity contribution is 0.354. The number of hydrogen-bond donors (Lipinski definition) is 1. The van der Waals surface area contributed by atoms with Gasteiger partial charge in [0.2, 0.25) is 0 Å². The van der Waals surface area contributed by atoms with E-state index in [0.29, 0.717) is 6.04 Å². The lowest BCUT2D eigenvalue weighted by Crippen LogP contribution is -2.36. The molecule has 15 heavy (non-hydrogen) atoms. The Labute approximate surface area is 95.3 Å². The summed E-state index contributed by atoms with van der Waals surface area (Å²) in [6.07, 6.45) is 9.30. The van der Waals surface area contributed by atoms with Crippen molar-refractivity contribution in [3.8, 4) is 0 Å². The van der Waals surface area contributed by atoms with E-state index >= 15 is 0 Å². The topological polar surface area (TPSA) is 12.0 Å². The van der Waals surface area contributed by atoms with E-state index in [1.807, 2.05) is 0 Å². The highest BCUT2D eigenvalue weighted by Crippen LogP contribution is 2.30. The third-order valence-electron chi connectivity index (χ3n) is 3.63. The molecular formula is C14H27N. The Kier molecular flexibility index (Phi) is 6.00. The van der Waals surface area contributed by atoms with E-state index in [0.717, 1.165) is 18.9 Å². The Bertz CT molecular complexity index is 180. The van der Waals surface area contributed by atoms with Crippen molar-refractivity contribution in [1.82, 2.24) is 5.32 Å². The molecule has 1 fully saturated rings. The largest absolute Gasteiger partial charge is 0.313 e. The summed E-state index contributed by atoms with van der Waals surface area (Å²) < 4.78 is 0. The van der Waals surface area contributed by atoms with Gasteiger partial charge in [-0.2, -0.15) is 0 Å². The van der Waals surface area contributed by atoms with Gasteiger partial charge in [0.15, 0.2) is 0 Å². The fourth-order valence-electron chi connectivity index (χ4n) is 2.55. The van der Waals surface area contributed by atoms with Gasteiger partial charge in [0.1, 0.15) is 0 Å². The molecule has 1 saturated carbocycles. The molecule has 1 atom stereocenters. The van der Waals surface area contributed by atoms with E-state index in [1.54, 1.807) is 0 Å². The predicted octanol–water partition coefficient (Wildman–Crippen LogP) is 3.90. The molecule has 1 heteroatoms. The minimum absolute atomic E-state index is 0.708. The van der Waals surface area contributed by atoms with Crippen molar-refractivity contribution in [3.63, 3.8) is 0 Å². The van der Waals surface area contributed by atoms with E-state index in [9.17, 15) is 0 Å². The monoisotopic (exact) mass is 209 g/mol. The van der Waals surface area contributed by atoms with Crippen molar-refractivity contribution in [3.05, 3.63) is 12.2 Å². The second-order valence-corrected chi connectivity index (χ2v) is 4.91. The van der Waals surface area contributed by atoms with Gasteiger partial charge in [0, 0.05) is 6.04 Å². The molecule has 0 aromatic heterocycles. The van der Waals surface area contributed by atoms with Crippen molar-refractivity contribution < 1.29 is 0 Å². The molecule has 0 aliphatic heterocycles. The smallest absolute Gasteiger partial charge is 0.0132 e. The normalized spacial score (nSPS) is 19.3. The first kappa shape index (κ1) is 12.8. The van der Waals surface area contributed by atoms with Crippen molar-refractivity contribution in [1.29, 1.82) is 0 Å². The summed E-state index contributed by atoms with van der Waals surface area (Å²) in [7, 11) is 0. The highest BCUT2D eigenvalue weighted by Gasteiger charge is 2.24. The molecule has 0 spiro atoms. The fourth-order valence-corrected chi connectivity index (χ4v) is 2.55. The van der Waals surface area contributed by atoms with Crippen LogP contribution in [0.25, 0.3) is 0 Å². The molecule has 1 rings (SSSR count). The van der Waals surface area contributed by atoms with E-state index in [2.05, 4.69) is 25.7 Å². The van der Waals surface area contributed by atoms with E-state index in [-0.39, 0.29) is 0 Å². The van der Waals surface area contributed by atoms with Crippen molar-refractivity contribution in [2.75, 3.05) is 6.54 Å². The first-order chi connectivity index (χ1) is 7.27. The lowest BCUT2D eigenvalue weighted by Gasteiger charge is -2.25. The SMILES string of the molecule is C=C(CC)CC(NCCC)C1CCCC1. The highest BCUT2D eigenvalue weighted by molar-refractivity contribution is 4.98. The van der Waals surface area contributed by atoms with Gasteiger partial charge in [-0.05, 0) is 44.6 Å². The Morgan fingerprint density at radius 3 is 2.53 bits per heavy atom. The summed E-state index contributed by atoms with van der Waals surface area (Å²) in [5.74, 6) is 0.917. The van der Waals surface area contributed by atoms with Gasteiger partial charge in [0.05, 0.1) is 0 Å². The fraction of sp³-hybridized carbons (Fsp3) is 0.857. The maximum atomic E-state index is 4.15. The second-order valence-electron chi connectivity index (χ2n) is 4.91. The van der Waals surface area contributed by atoms with Crippen LogP contribution in [-0.4, -0.2) is 12.6 Å². The van der Waals surface area contributed by atoms with Gasteiger partial charge in [-0.15, -0.1) is 0 Å². The summed E-state index contributed by atoms with van der Waals surface area (Å²) in [6.45, 7) is 9.78. The van der Waals surface area contributed by atoms with E-state index in [1.165, 1.54) is 44.1 Å². The molecule has 0 radical (unpaired) electrons. The molecule has 88 valence electrons. The Morgan fingerprint density at radius 1 is 1.33 bits per heavy atom. The van der Waals surface area contributed by atoms with Crippen LogP contribution in [0.5, 0.6) is 0 Å². The number of rotatable bonds is 7. The third kappa shape index (κ3) is 4.38. The first-order valence-corrected chi connectivity index (χ1v) is 6.68. The zero-order valence-corrected chi connectivity index (χ0v) is 10.5. The lowest BCUT2D eigenvalue weighted by atomic mass is 9.91. The number of hydrogen-bond acceptors (Lipinski definition) is 1. The predicted molar refractivity (Wildman–Crippen MR) is 68.1 cm³/mol. The van der Waals surface area contributed by atoms with Gasteiger partial charge in [-0.25, -0.2) is 0 Å². The van der Waals surface area contributed by atoms with Crippen LogP contribution in [0.15, 0.2) is 12.2 Å². The number of nitrogens with one attached hydrogen (secondary N) is 1. The summed E-state index contributed by atoms with van der Waals surface area (Å²) in [5.41, 5.74) is 1.41. The highest BCUT2D eigenvalue weighted by atomic mass is 14.9. The van der Waals surface area contributed by atoms with Crippen LogP contribution in [0.4, 0.5) is 0 Å². The van der Waals surface area contributed by atoms with Gasteiger partial charge < -0.3 is 5.32 Å². The van der Waals surface area contributed by atoms with Crippen LogP contribution < -0.4 is 5.32 Å². The molecule has 1 aliphatic rings. The summed E-state index contributed by atoms with van der Waals surface area (Å²) in [5, 5.41) is 3.72. The van der Waals surface area contributed by atoms with Crippen molar-refractivity contribution >= 4 is 0 Å². The van der Waals surface area contributed by atoms with Crippen LogP contribution in [0, 0.1) is 5.92 Å². The summed E-state index contributed by atoms with van der Waals surface area (Å²) in [6, 6.07) is 0.708. The Morgan fingerprint density at radius 2 is 2.00 bits per heavy atom. The standard InChI is InChI=1S/C14H27N/c1-4-10-15-14(11-12(3)5-2)13-8-6-7-9-13/h13-15H,3-11H2,1-2H3. The van der Waals surface area contributed by atoms with Gasteiger partial charge in [-0.1, -0.05) is 38.8 Å². The molecule has 0 aromatic carbocycles. The average molecular weight is 209 g/mol. The summed E-state index contributed by atoms with van der Waals surface area (Å²) >= 11 is 0. The Hall–Kier alpha value is -0.300. The molecule has 0 amide bonds. The van der Waals surface area contributed by atoms with E-state index in [4.69, 9.17) is 0 Å². The molecule has 0 heterocycles. The van der Waals surface area contributed by atoms with Crippen LogP contribution in [0.2, 0.25) is 0 Å². The maximum Gasteiger partial charge on any atom is 0.0132 e. The average Bonchev–Trinajstić information content (AvgIpc) is 2.77. The zero-order chi connectivity index (χ0) is 11.1. The Balaban J connectivity index is 2.40. The third-order valence-corrected chi connectivity index (χ3v) is 3.63. The van der Waals surface area contributed by atoms with Crippen LogP contribution >= 0.6 is 0 Å². The van der Waals surface area contributed by atoms with Crippen molar-refractivity contribution in [2.24, 2.45) is 5.92 Å². The quantitative estimate of drug-likeness (QED) is 0.627. The molecule has 0 aromatic rings. The molecule has 1 unspecified atom stereocenters. The molecule has 0 bridgehead atoms. The first-order valence-electron chi connectivity index (χ1n) is 6.68. The molecule has 1 N–H and O–H groups in total. The minimum Gasteiger partial charge on any atom is -0.313 e. The molecule has 1 nitrogen and oxygen atoms in total. The summed E-state index contributed by atoms with van der Waals surface area (Å²) in [4.78, 5) is 0. The van der Waals surface area contributed by atoms with E-state index < -0.39 is 0 Å². The van der Waals surface area contributed by atoms with Crippen LogP contribution in [-0.2, 0) is 0 Å². The van der Waals surface area contributed by atoms with Gasteiger partial charge in [0.25, 0.3) is 0 Å². The zero-order valence-electron chi connectivity index (χ0n) is 10.5. The second kappa shape index (κ2) is 7.05. The maximum absolute atomic E-state index is 4.15.